The molecule has 12 nitrogen and oxygen atoms in total. The van der Waals surface area contributed by atoms with Crippen molar-refractivity contribution >= 4 is 33.7 Å². The summed E-state index contributed by atoms with van der Waals surface area (Å²) in [5.41, 5.74) is 2.34. The van der Waals surface area contributed by atoms with Crippen molar-refractivity contribution in [1.29, 1.82) is 0 Å². The van der Waals surface area contributed by atoms with E-state index in [1.54, 1.807) is 21.4 Å². The smallest absolute Gasteiger partial charge is 0.435 e. The van der Waals surface area contributed by atoms with Gasteiger partial charge in [-0.3, -0.25) is 4.18 Å². The zero-order valence-electron chi connectivity index (χ0n) is 19.9. The van der Waals surface area contributed by atoms with Crippen LogP contribution in [0.5, 0.6) is 0 Å². The molecule has 13 heteroatoms. The number of aryl methyl sites for hydroxylation is 2. The molecule has 1 heterocycles. The molecule has 0 atom stereocenters. The van der Waals surface area contributed by atoms with Crippen molar-refractivity contribution in [2.75, 3.05) is 31.7 Å². The molecule has 0 radical (unpaired) electrons. The van der Waals surface area contributed by atoms with Crippen molar-refractivity contribution in [3.05, 3.63) is 66.5 Å². The molecule has 3 rings (SSSR count). The van der Waals surface area contributed by atoms with E-state index < -0.39 is 10.4 Å². The molecule has 2 aromatic carbocycles. The molecule has 0 fully saturated rings. The average Bonchev–Trinajstić information content (AvgIpc) is 3.18. The Kier molecular flexibility index (Phi) is 10.5. The van der Waals surface area contributed by atoms with Gasteiger partial charge in [0.25, 0.3) is 0 Å². The lowest BCUT2D eigenvalue weighted by Gasteiger charge is -2.22. The molecule has 0 unspecified atom stereocenters. The summed E-state index contributed by atoms with van der Waals surface area (Å²) in [5, 5.41) is 12.6. The predicted molar refractivity (Wildman–Crippen MR) is 126 cm³/mol. The zero-order chi connectivity index (χ0) is 25.8. The van der Waals surface area contributed by atoms with Crippen LogP contribution < -0.4 is 9.47 Å². The lowest BCUT2D eigenvalue weighted by atomic mass is 10.2. The molecule has 1 aromatic heterocycles. The number of anilines is 1. The molecule has 0 spiro atoms. The second-order valence-corrected chi connectivity index (χ2v) is 8.22. The molecule has 0 amide bonds. The normalized spacial score (nSPS) is 11.1. The van der Waals surface area contributed by atoms with Crippen LogP contribution in [0.15, 0.2) is 71.2 Å². The largest absolute Gasteiger partial charge is 0.726 e. The maximum absolute atomic E-state index is 12.0. The number of ether oxygens (including phenoxy) is 1. The topological polar surface area (TPSA) is 142 Å². The minimum Gasteiger partial charge on any atom is -0.726 e. The maximum atomic E-state index is 12.0. The van der Waals surface area contributed by atoms with Crippen LogP contribution in [0.1, 0.15) is 17.3 Å². The SMILES string of the molecule is CCN(CCOC(=O)c1ccccc1)c1ccc(N=Nc2nn(C)c[n+]2C)cc1.COS(=O)(=O)[O-]. The van der Waals surface area contributed by atoms with Gasteiger partial charge in [-0.2, -0.15) is 0 Å². The van der Waals surface area contributed by atoms with Crippen molar-refractivity contribution < 1.29 is 31.3 Å². The quantitative estimate of drug-likeness (QED) is 0.142. The van der Waals surface area contributed by atoms with Gasteiger partial charge >= 0.3 is 11.9 Å². The van der Waals surface area contributed by atoms with Crippen molar-refractivity contribution in [2.24, 2.45) is 24.3 Å². The maximum Gasteiger partial charge on any atom is 0.435 e. The first-order valence-corrected chi connectivity index (χ1v) is 11.9. The molecule has 0 N–H and O–H groups in total. The molecule has 0 aliphatic rings. The minimum atomic E-state index is -4.41. The summed E-state index contributed by atoms with van der Waals surface area (Å²) in [6.07, 6.45) is 1.82. The molecular weight excluding hydrogens is 476 g/mol. The Morgan fingerprint density at radius 2 is 1.77 bits per heavy atom. The van der Waals surface area contributed by atoms with E-state index in [9.17, 15) is 17.8 Å². The summed E-state index contributed by atoms with van der Waals surface area (Å²) >= 11 is 0. The fourth-order valence-corrected chi connectivity index (χ4v) is 2.84. The molecule has 3 aromatic rings. The lowest BCUT2D eigenvalue weighted by Crippen LogP contribution is -2.27. The molecule has 0 saturated heterocycles. The van der Waals surface area contributed by atoms with E-state index in [2.05, 4.69) is 31.3 Å². The molecule has 0 aliphatic heterocycles. The Balaban J connectivity index is 0.000000641. The number of carbonyl (C=O) groups excluding carboxylic acids is 1. The first kappa shape index (κ1) is 27.6. The van der Waals surface area contributed by atoms with Gasteiger partial charge in [0.15, 0.2) is 6.33 Å². The molecular formula is C22H28N6O6S. The molecule has 0 aliphatic carbocycles. The van der Waals surface area contributed by atoms with E-state index in [1.165, 1.54) is 0 Å². The summed E-state index contributed by atoms with van der Waals surface area (Å²) in [4.78, 5) is 14.2. The standard InChI is InChI=1S/C21H25N6O2.CH4O4S/c1-4-27(14-15-29-20(28)17-8-6-5-7-9-17)19-12-10-18(11-13-19)22-23-21-24-26(3)16-25(21)2;1-5-6(2,3)4/h5-13,16H,4,14-15H2,1-3H3;1H3,(H,2,3,4)/q+1;/p-1. The third-order valence-corrected chi connectivity index (χ3v) is 4.97. The van der Waals surface area contributed by atoms with Gasteiger partial charge in [0.2, 0.25) is 10.4 Å². The molecule has 0 bridgehead atoms. The minimum absolute atomic E-state index is 0.305. The predicted octanol–water partition coefficient (Wildman–Crippen LogP) is 2.44. The number of esters is 1. The number of hydrogen-bond donors (Lipinski definition) is 0. The first-order chi connectivity index (χ1) is 16.6. The van der Waals surface area contributed by atoms with Crippen LogP contribution in [0.25, 0.3) is 0 Å². The highest BCUT2D eigenvalue weighted by Gasteiger charge is 2.11. The van der Waals surface area contributed by atoms with Crippen molar-refractivity contribution in [2.45, 2.75) is 6.92 Å². The van der Waals surface area contributed by atoms with Gasteiger partial charge in [-0.05, 0) is 43.3 Å². The fourth-order valence-electron chi connectivity index (χ4n) is 2.84. The van der Waals surface area contributed by atoms with Crippen LogP contribution in [-0.4, -0.2) is 55.5 Å². The Hall–Kier alpha value is -3.68. The Morgan fingerprint density at radius 1 is 1.14 bits per heavy atom. The summed E-state index contributed by atoms with van der Waals surface area (Å²) in [6.45, 7) is 3.79. The van der Waals surface area contributed by atoms with Crippen LogP contribution in [0.2, 0.25) is 0 Å². The average molecular weight is 505 g/mol. The highest BCUT2D eigenvalue weighted by atomic mass is 32.3. The van der Waals surface area contributed by atoms with Gasteiger partial charge in [-0.1, -0.05) is 23.3 Å². The van der Waals surface area contributed by atoms with Crippen molar-refractivity contribution in [3.8, 4) is 0 Å². The van der Waals surface area contributed by atoms with Crippen molar-refractivity contribution in [3.63, 3.8) is 0 Å². The van der Waals surface area contributed by atoms with Gasteiger partial charge in [0.1, 0.15) is 6.61 Å². The summed E-state index contributed by atoms with van der Waals surface area (Å²) in [6, 6.07) is 16.8. The van der Waals surface area contributed by atoms with Gasteiger partial charge < -0.3 is 14.2 Å². The fraction of sp³-hybridized carbons (Fsp3) is 0.318. The van der Waals surface area contributed by atoms with E-state index >= 15 is 0 Å². The third kappa shape index (κ3) is 9.60. The van der Waals surface area contributed by atoms with E-state index in [0.29, 0.717) is 24.7 Å². The van der Waals surface area contributed by atoms with Gasteiger partial charge in [0.05, 0.1) is 39.0 Å². The van der Waals surface area contributed by atoms with Crippen LogP contribution in [0.4, 0.5) is 17.3 Å². The number of rotatable bonds is 9. The number of aromatic nitrogens is 3. The van der Waals surface area contributed by atoms with Gasteiger partial charge in [-0.25, -0.2) is 17.8 Å². The van der Waals surface area contributed by atoms with Gasteiger partial charge in [0, 0.05) is 22.4 Å². The van der Waals surface area contributed by atoms with Crippen LogP contribution in [0, 0.1) is 0 Å². The number of azo groups is 1. The Bertz CT molecular complexity index is 1210. The van der Waals surface area contributed by atoms with E-state index in [4.69, 9.17) is 4.74 Å². The van der Waals surface area contributed by atoms with Crippen LogP contribution in [-0.2, 0) is 33.4 Å². The second-order valence-electron chi connectivity index (χ2n) is 7.07. The number of hydrogen-bond acceptors (Lipinski definition) is 10. The highest BCUT2D eigenvalue weighted by Crippen LogP contribution is 2.21. The van der Waals surface area contributed by atoms with Crippen LogP contribution in [0.3, 0.4) is 0 Å². The van der Waals surface area contributed by atoms with Gasteiger partial charge in [-0.15, -0.1) is 4.68 Å². The second kappa shape index (κ2) is 13.3. The molecule has 188 valence electrons. The first-order valence-electron chi connectivity index (χ1n) is 10.5. The van der Waals surface area contributed by atoms with E-state index in [0.717, 1.165) is 25.0 Å². The molecule has 0 saturated carbocycles. The van der Waals surface area contributed by atoms with E-state index in [1.807, 2.05) is 62.9 Å². The van der Waals surface area contributed by atoms with E-state index in [-0.39, 0.29) is 5.97 Å². The number of benzene rings is 2. The molecule has 35 heavy (non-hydrogen) atoms. The lowest BCUT2D eigenvalue weighted by molar-refractivity contribution is -0.659. The summed E-state index contributed by atoms with van der Waals surface area (Å²) in [7, 11) is 0.103. The van der Waals surface area contributed by atoms with Crippen molar-refractivity contribution in [1.82, 2.24) is 9.78 Å². The number of nitrogens with zero attached hydrogens (tertiary/aromatic N) is 6. The van der Waals surface area contributed by atoms with Crippen LogP contribution >= 0.6 is 0 Å². The Morgan fingerprint density at radius 3 is 2.29 bits per heavy atom. The zero-order valence-corrected chi connectivity index (χ0v) is 20.8. The summed E-state index contributed by atoms with van der Waals surface area (Å²) < 4.78 is 39.9. The number of carbonyl (C=O) groups is 1. The monoisotopic (exact) mass is 504 g/mol. The highest BCUT2D eigenvalue weighted by molar-refractivity contribution is 7.80. The Labute approximate surface area is 204 Å². The number of likely N-dealkylation sites (N-methyl/N-ethyl adjacent to an activating group) is 1. The summed E-state index contributed by atoms with van der Waals surface area (Å²) in [5.74, 6) is 0.229. The third-order valence-electron chi connectivity index (χ3n) is 4.56.